The van der Waals surface area contributed by atoms with Crippen molar-refractivity contribution >= 4 is 11.3 Å². The first kappa shape index (κ1) is 12.6. The van der Waals surface area contributed by atoms with Crippen LogP contribution in [0.15, 0.2) is 48.2 Å². The van der Waals surface area contributed by atoms with E-state index in [0.717, 1.165) is 22.8 Å². The zero-order valence-electron chi connectivity index (χ0n) is 10.7. The van der Waals surface area contributed by atoms with Gasteiger partial charge >= 0.3 is 0 Å². The molecule has 4 nitrogen and oxygen atoms in total. The lowest BCUT2D eigenvalue weighted by Gasteiger charge is -2.08. The van der Waals surface area contributed by atoms with Gasteiger partial charge in [-0.25, -0.2) is 9.97 Å². The second-order valence-corrected chi connectivity index (χ2v) is 5.32. The number of hydrogen-bond donors (Lipinski definition) is 0. The minimum absolute atomic E-state index is 0.657. The number of nitriles is 1. The number of benzene rings is 1. The Bertz CT molecular complexity index is 737. The predicted molar refractivity (Wildman–Crippen MR) is 77.4 cm³/mol. The topological polar surface area (TPSA) is 54.5 Å². The summed E-state index contributed by atoms with van der Waals surface area (Å²) in [5, 5.41) is 12.2. The van der Waals surface area contributed by atoms with Gasteiger partial charge in [-0.05, 0) is 11.6 Å². The summed E-state index contributed by atoms with van der Waals surface area (Å²) >= 11 is 1.63. The summed E-state index contributed by atoms with van der Waals surface area (Å²) in [6.07, 6.45) is 6.26. The van der Waals surface area contributed by atoms with E-state index in [4.69, 9.17) is 5.26 Å². The Hall–Kier alpha value is -2.45. The maximum absolute atomic E-state index is 9.14. The first-order valence-electron chi connectivity index (χ1n) is 6.23. The van der Waals surface area contributed by atoms with Gasteiger partial charge in [0.2, 0.25) is 0 Å². The molecule has 0 saturated carbocycles. The monoisotopic (exact) mass is 280 g/mol. The molecule has 0 amide bonds. The summed E-state index contributed by atoms with van der Waals surface area (Å²) in [6.45, 7) is 0.657. The maximum Gasteiger partial charge on any atom is 0.115 e. The van der Waals surface area contributed by atoms with E-state index in [-0.39, 0.29) is 0 Å². The standard InChI is InChI=1S/C15H12N4S/c16-10-12-3-1-2-4-13(12)11-19-7-5-17-14(19)9-15-18-6-8-20-15/h1-8H,9,11H2. The third-order valence-electron chi connectivity index (χ3n) is 3.07. The lowest BCUT2D eigenvalue weighted by Crippen LogP contribution is -2.06. The molecule has 1 aromatic carbocycles. The molecule has 0 aliphatic carbocycles. The first-order valence-corrected chi connectivity index (χ1v) is 7.11. The molecule has 2 aromatic heterocycles. The molecule has 2 heterocycles. The average molecular weight is 280 g/mol. The van der Waals surface area contributed by atoms with Gasteiger partial charge in [-0.1, -0.05) is 18.2 Å². The van der Waals surface area contributed by atoms with E-state index in [1.54, 1.807) is 23.7 Å². The van der Waals surface area contributed by atoms with E-state index in [1.807, 2.05) is 35.8 Å². The van der Waals surface area contributed by atoms with Gasteiger partial charge in [0.15, 0.2) is 0 Å². The highest BCUT2D eigenvalue weighted by molar-refractivity contribution is 7.09. The summed E-state index contributed by atoms with van der Waals surface area (Å²) in [4.78, 5) is 8.68. The van der Waals surface area contributed by atoms with E-state index in [2.05, 4.69) is 20.6 Å². The van der Waals surface area contributed by atoms with Crippen molar-refractivity contribution in [3.05, 3.63) is 70.2 Å². The van der Waals surface area contributed by atoms with Crippen molar-refractivity contribution in [3.63, 3.8) is 0 Å². The molecular formula is C15H12N4S. The maximum atomic E-state index is 9.14. The van der Waals surface area contributed by atoms with Crippen LogP contribution < -0.4 is 0 Å². The fraction of sp³-hybridized carbons (Fsp3) is 0.133. The molecule has 0 atom stereocenters. The van der Waals surface area contributed by atoms with Crippen LogP contribution in [0.25, 0.3) is 0 Å². The molecular weight excluding hydrogens is 268 g/mol. The van der Waals surface area contributed by atoms with E-state index in [1.165, 1.54) is 0 Å². The molecule has 0 unspecified atom stereocenters. The van der Waals surface area contributed by atoms with Crippen molar-refractivity contribution in [2.24, 2.45) is 0 Å². The van der Waals surface area contributed by atoms with Crippen molar-refractivity contribution in [1.82, 2.24) is 14.5 Å². The third kappa shape index (κ3) is 2.60. The second-order valence-electron chi connectivity index (χ2n) is 4.34. The summed E-state index contributed by atoms with van der Waals surface area (Å²) in [6, 6.07) is 9.88. The number of aromatic nitrogens is 3. The molecule has 0 radical (unpaired) electrons. The van der Waals surface area contributed by atoms with Crippen LogP contribution in [0.2, 0.25) is 0 Å². The Balaban J connectivity index is 1.85. The van der Waals surface area contributed by atoms with Crippen LogP contribution in [0.5, 0.6) is 0 Å². The zero-order chi connectivity index (χ0) is 13.8. The van der Waals surface area contributed by atoms with E-state index < -0.39 is 0 Å². The van der Waals surface area contributed by atoms with Crippen LogP contribution in [0.4, 0.5) is 0 Å². The molecule has 98 valence electrons. The summed E-state index contributed by atoms with van der Waals surface area (Å²) in [7, 11) is 0. The molecule has 0 spiro atoms. The van der Waals surface area contributed by atoms with Crippen LogP contribution in [-0.4, -0.2) is 14.5 Å². The summed E-state index contributed by atoms with van der Waals surface area (Å²) in [5.74, 6) is 0.965. The Morgan fingerprint density at radius 3 is 2.90 bits per heavy atom. The van der Waals surface area contributed by atoms with E-state index in [0.29, 0.717) is 12.1 Å². The first-order chi connectivity index (χ1) is 9.86. The minimum Gasteiger partial charge on any atom is -0.330 e. The van der Waals surface area contributed by atoms with Crippen LogP contribution in [0.1, 0.15) is 22.0 Å². The van der Waals surface area contributed by atoms with Gasteiger partial charge in [-0.2, -0.15) is 5.26 Å². The molecule has 0 aliphatic rings. The second kappa shape index (κ2) is 5.68. The summed E-state index contributed by atoms with van der Waals surface area (Å²) < 4.78 is 2.07. The average Bonchev–Trinajstić information content (AvgIpc) is 3.13. The van der Waals surface area contributed by atoms with E-state index >= 15 is 0 Å². The van der Waals surface area contributed by atoms with Gasteiger partial charge in [0.25, 0.3) is 0 Å². The minimum atomic E-state index is 0.657. The Kier molecular flexibility index (Phi) is 3.57. The van der Waals surface area contributed by atoms with Crippen molar-refractivity contribution < 1.29 is 0 Å². The number of hydrogen-bond acceptors (Lipinski definition) is 4. The van der Waals surface area contributed by atoms with Crippen molar-refractivity contribution in [2.45, 2.75) is 13.0 Å². The van der Waals surface area contributed by atoms with Crippen LogP contribution in [-0.2, 0) is 13.0 Å². The molecule has 0 N–H and O–H groups in total. The van der Waals surface area contributed by atoms with Crippen LogP contribution in [0, 0.1) is 11.3 Å². The highest BCUT2D eigenvalue weighted by Crippen LogP contribution is 2.14. The lowest BCUT2D eigenvalue weighted by atomic mass is 10.1. The fourth-order valence-electron chi connectivity index (χ4n) is 2.08. The van der Waals surface area contributed by atoms with Crippen molar-refractivity contribution in [2.75, 3.05) is 0 Å². The number of nitrogens with zero attached hydrogens (tertiary/aromatic N) is 4. The Labute approximate surface area is 121 Å². The zero-order valence-corrected chi connectivity index (χ0v) is 11.5. The van der Waals surface area contributed by atoms with Crippen molar-refractivity contribution in [3.8, 4) is 6.07 Å². The largest absolute Gasteiger partial charge is 0.330 e. The number of rotatable bonds is 4. The predicted octanol–water partition coefficient (Wildman–Crippen LogP) is 2.85. The van der Waals surface area contributed by atoms with Crippen LogP contribution >= 0.6 is 11.3 Å². The normalized spacial score (nSPS) is 10.3. The molecule has 0 saturated heterocycles. The molecule has 3 rings (SSSR count). The lowest BCUT2D eigenvalue weighted by molar-refractivity contribution is 0.738. The Morgan fingerprint density at radius 2 is 2.10 bits per heavy atom. The van der Waals surface area contributed by atoms with Gasteiger partial charge < -0.3 is 4.57 Å². The number of imidazole rings is 1. The molecule has 3 aromatic rings. The van der Waals surface area contributed by atoms with Gasteiger partial charge in [0.05, 0.1) is 29.6 Å². The SMILES string of the molecule is N#Cc1ccccc1Cn1ccnc1Cc1nccs1. The Morgan fingerprint density at radius 1 is 1.20 bits per heavy atom. The quantitative estimate of drug-likeness (QED) is 0.738. The summed E-state index contributed by atoms with van der Waals surface area (Å²) in [5.41, 5.74) is 1.72. The highest BCUT2D eigenvalue weighted by atomic mass is 32.1. The molecule has 0 bridgehead atoms. The van der Waals surface area contributed by atoms with Gasteiger partial charge in [-0.15, -0.1) is 11.3 Å². The molecule has 0 aliphatic heterocycles. The molecule has 20 heavy (non-hydrogen) atoms. The van der Waals surface area contributed by atoms with Crippen molar-refractivity contribution in [1.29, 1.82) is 5.26 Å². The van der Waals surface area contributed by atoms with Gasteiger partial charge in [-0.3, -0.25) is 0 Å². The smallest absolute Gasteiger partial charge is 0.115 e. The highest BCUT2D eigenvalue weighted by Gasteiger charge is 2.08. The van der Waals surface area contributed by atoms with E-state index in [9.17, 15) is 0 Å². The third-order valence-corrected chi connectivity index (χ3v) is 3.85. The molecule has 5 heteroatoms. The molecule has 0 fully saturated rings. The fourth-order valence-corrected chi connectivity index (χ4v) is 2.69. The van der Waals surface area contributed by atoms with Crippen LogP contribution in [0.3, 0.4) is 0 Å². The number of thiazole rings is 1. The van der Waals surface area contributed by atoms with Gasteiger partial charge in [0.1, 0.15) is 5.82 Å². The van der Waals surface area contributed by atoms with Gasteiger partial charge in [0, 0.05) is 24.0 Å².